The van der Waals surface area contributed by atoms with Crippen molar-refractivity contribution in [2.24, 2.45) is 0 Å². The maximum Gasteiger partial charge on any atom is 0.303 e. The predicted molar refractivity (Wildman–Crippen MR) is 63.3 cm³/mol. The average molecular weight is 234 g/mol. The van der Waals surface area contributed by atoms with E-state index < -0.39 is 5.97 Å². The molecule has 0 aliphatic carbocycles. The Hall–Kier alpha value is -1.97. The van der Waals surface area contributed by atoms with Crippen LogP contribution >= 0.6 is 0 Å². The third kappa shape index (κ3) is 2.58. The molecule has 0 atom stereocenters. The molecule has 90 valence electrons. The first-order valence-electron chi connectivity index (χ1n) is 5.56. The Morgan fingerprint density at radius 3 is 3.00 bits per heavy atom. The molecular formula is C13H14O4. The van der Waals surface area contributed by atoms with Gasteiger partial charge < -0.3 is 14.3 Å². The number of para-hydroxylation sites is 1. The molecule has 4 heteroatoms. The van der Waals surface area contributed by atoms with Crippen molar-refractivity contribution < 1.29 is 19.1 Å². The highest BCUT2D eigenvalue weighted by Gasteiger charge is 2.09. The van der Waals surface area contributed by atoms with Gasteiger partial charge in [-0.15, -0.1) is 0 Å². The summed E-state index contributed by atoms with van der Waals surface area (Å²) in [5.74, 6) is 0.552. The molecule has 0 fully saturated rings. The molecule has 0 amide bonds. The fraction of sp³-hybridized carbons (Fsp3) is 0.308. The van der Waals surface area contributed by atoms with Gasteiger partial charge in [0.2, 0.25) is 0 Å². The van der Waals surface area contributed by atoms with Gasteiger partial charge in [-0.25, -0.2) is 0 Å². The molecular weight excluding hydrogens is 220 g/mol. The van der Waals surface area contributed by atoms with Crippen LogP contribution in [0.2, 0.25) is 0 Å². The number of rotatable bonds is 5. The van der Waals surface area contributed by atoms with Gasteiger partial charge in [-0.2, -0.15) is 0 Å². The van der Waals surface area contributed by atoms with E-state index in [-0.39, 0.29) is 6.42 Å². The van der Waals surface area contributed by atoms with E-state index >= 15 is 0 Å². The number of fused-ring (bicyclic) bond motifs is 1. The number of hydrogen-bond donors (Lipinski definition) is 1. The van der Waals surface area contributed by atoms with Crippen LogP contribution in [0.4, 0.5) is 0 Å². The zero-order chi connectivity index (χ0) is 12.3. The van der Waals surface area contributed by atoms with Crippen LogP contribution in [0.25, 0.3) is 11.0 Å². The highest BCUT2D eigenvalue weighted by atomic mass is 16.5. The van der Waals surface area contributed by atoms with Gasteiger partial charge in [-0.3, -0.25) is 4.79 Å². The molecule has 0 saturated heterocycles. The molecule has 4 nitrogen and oxygen atoms in total. The maximum atomic E-state index is 10.5. The molecule has 1 aromatic carbocycles. The zero-order valence-corrected chi connectivity index (χ0v) is 9.60. The highest BCUT2D eigenvalue weighted by Crippen LogP contribution is 2.29. The molecule has 0 aliphatic rings. The van der Waals surface area contributed by atoms with Crippen LogP contribution in [0.5, 0.6) is 5.75 Å². The maximum absolute atomic E-state index is 10.5. The summed E-state index contributed by atoms with van der Waals surface area (Å²) >= 11 is 0. The molecule has 0 spiro atoms. The summed E-state index contributed by atoms with van der Waals surface area (Å²) in [5, 5.41) is 9.56. The lowest BCUT2D eigenvalue weighted by Gasteiger charge is -2.02. The van der Waals surface area contributed by atoms with Gasteiger partial charge in [0.05, 0.1) is 13.0 Å². The van der Waals surface area contributed by atoms with E-state index in [0.29, 0.717) is 30.1 Å². The number of benzene rings is 1. The smallest absolute Gasteiger partial charge is 0.303 e. The van der Waals surface area contributed by atoms with E-state index in [0.717, 1.165) is 5.39 Å². The van der Waals surface area contributed by atoms with Gasteiger partial charge in [0, 0.05) is 11.8 Å². The SMILES string of the molecule is CCOc1cccc2cc(CCC(=O)O)oc12. The van der Waals surface area contributed by atoms with E-state index in [2.05, 4.69) is 0 Å². The van der Waals surface area contributed by atoms with Crippen molar-refractivity contribution in [2.45, 2.75) is 19.8 Å². The van der Waals surface area contributed by atoms with Gasteiger partial charge in [0.15, 0.2) is 11.3 Å². The molecule has 2 rings (SSSR count). The Labute approximate surface area is 98.8 Å². The number of aryl methyl sites for hydroxylation is 1. The van der Waals surface area contributed by atoms with Crippen LogP contribution in [0.1, 0.15) is 19.1 Å². The van der Waals surface area contributed by atoms with Crippen molar-refractivity contribution in [3.8, 4) is 5.75 Å². The largest absolute Gasteiger partial charge is 0.490 e. The summed E-state index contributed by atoms with van der Waals surface area (Å²) in [7, 11) is 0. The number of hydrogen-bond acceptors (Lipinski definition) is 3. The van der Waals surface area contributed by atoms with E-state index in [1.54, 1.807) is 0 Å². The van der Waals surface area contributed by atoms with E-state index in [4.69, 9.17) is 14.3 Å². The third-order valence-corrected chi connectivity index (χ3v) is 2.44. The molecule has 0 radical (unpaired) electrons. The quantitative estimate of drug-likeness (QED) is 0.864. The van der Waals surface area contributed by atoms with E-state index in [9.17, 15) is 4.79 Å². The van der Waals surface area contributed by atoms with Crippen molar-refractivity contribution in [3.63, 3.8) is 0 Å². The minimum atomic E-state index is -0.824. The second-order valence-corrected chi connectivity index (χ2v) is 3.71. The number of furan rings is 1. The second-order valence-electron chi connectivity index (χ2n) is 3.71. The lowest BCUT2D eigenvalue weighted by Crippen LogP contribution is -1.96. The molecule has 2 aromatic rings. The summed E-state index contributed by atoms with van der Waals surface area (Å²) in [4.78, 5) is 10.5. The Morgan fingerprint density at radius 1 is 1.47 bits per heavy atom. The molecule has 0 bridgehead atoms. The summed E-state index contributed by atoms with van der Waals surface area (Å²) in [6.45, 7) is 2.48. The fourth-order valence-corrected chi connectivity index (χ4v) is 1.71. The number of aliphatic carboxylic acids is 1. The van der Waals surface area contributed by atoms with Gasteiger partial charge in [0.25, 0.3) is 0 Å². The van der Waals surface area contributed by atoms with Crippen molar-refractivity contribution in [2.75, 3.05) is 6.61 Å². The second kappa shape index (κ2) is 4.91. The minimum Gasteiger partial charge on any atom is -0.490 e. The van der Waals surface area contributed by atoms with Crippen molar-refractivity contribution >= 4 is 16.9 Å². The van der Waals surface area contributed by atoms with Gasteiger partial charge in [-0.05, 0) is 19.1 Å². The number of carboxylic acid groups (broad SMARTS) is 1. The van der Waals surface area contributed by atoms with Gasteiger partial charge in [0.1, 0.15) is 5.76 Å². The Morgan fingerprint density at radius 2 is 2.29 bits per heavy atom. The summed E-state index contributed by atoms with van der Waals surface area (Å²) < 4.78 is 11.1. The monoisotopic (exact) mass is 234 g/mol. The summed E-state index contributed by atoms with van der Waals surface area (Å²) in [6.07, 6.45) is 0.472. The van der Waals surface area contributed by atoms with E-state index in [1.807, 2.05) is 31.2 Å². The number of carbonyl (C=O) groups is 1. The first-order chi connectivity index (χ1) is 8.20. The number of carboxylic acids is 1. The summed E-state index contributed by atoms with van der Waals surface area (Å²) in [5.41, 5.74) is 0.690. The van der Waals surface area contributed by atoms with Gasteiger partial charge in [-0.1, -0.05) is 12.1 Å². The molecule has 1 N–H and O–H groups in total. The molecule has 0 aliphatic heterocycles. The standard InChI is InChI=1S/C13H14O4/c1-2-16-11-5-3-4-9-8-10(17-13(9)11)6-7-12(14)15/h3-5,8H,2,6-7H2,1H3,(H,14,15). The van der Waals surface area contributed by atoms with Crippen molar-refractivity contribution in [3.05, 3.63) is 30.0 Å². The zero-order valence-electron chi connectivity index (χ0n) is 9.60. The number of ether oxygens (including phenoxy) is 1. The third-order valence-electron chi connectivity index (χ3n) is 2.44. The molecule has 0 unspecified atom stereocenters. The molecule has 1 aromatic heterocycles. The minimum absolute atomic E-state index is 0.0732. The topological polar surface area (TPSA) is 59.7 Å². The first kappa shape index (κ1) is 11.5. The highest BCUT2D eigenvalue weighted by molar-refractivity contribution is 5.83. The Balaban J connectivity index is 2.29. The van der Waals surface area contributed by atoms with Gasteiger partial charge >= 0.3 is 5.97 Å². The van der Waals surface area contributed by atoms with Crippen LogP contribution in [-0.4, -0.2) is 17.7 Å². The fourth-order valence-electron chi connectivity index (χ4n) is 1.71. The molecule has 1 heterocycles. The van der Waals surface area contributed by atoms with E-state index in [1.165, 1.54) is 0 Å². The lowest BCUT2D eigenvalue weighted by atomic mass is 10.2. The van der Waals surface area contributed by atoms with Crippen LogP contribution < -0.4 is 4.74 Å². The van der Waals surface area contributed by atoms with Crippen molar-refractivity contribution in [1.29, 1.82) is 0 Å². The lowest BCUT2D eigenvalue weighted by molar-refractivity contribution is -0.137. The normalized spacial score (nSPS) is 10.6. The molecule has 17 heavy (non-hydrogen) atoms. The average Bonchev–Trinajstić information content (AvgIpc) is 2.71. The van der Waals surface area contributed by atoms with Crippen LogP contribution in [0, 0.1) is 0 Å². The Bertz CT molecular complexity index is 527. The van der Waals surface area contributed by atoms with Crippen LogP contribution in [0.15, 0.2) is 28.7 Å². The predicted octanol–water partition coefficient (Wildman–Crippen LogP) is 2.85. The van der Waals surface area contributed by atoms with Crippen LogP contribution in [-0.2, 0) is 11.2 Å². The Kier molecular flexibility index (Phi) is 3.32. The van der Waals surface area contributed by atoms with Crippen molar-refractivity contribution in [1.82, 2.24) is 0 Å². The first-order valence-corrected chi connectivity index (χ1v) is 5.56. The summed E-state index contributed by atoms with van der Waals surface area (Å²) in [6, 6.07) is 7.52. The van der Waals surface area contributed by atoms with Crippen LogP contribution in [0.3, 0.4) is 0 Å². The molecule has 0 saturated carbocycles.